The molecule has 2 bridgehead atoms. The summed E-state index contributed by atoms with van der Waals surface area (Å²) in [5, 5.41) is 0. The molecule has 2 aromatic rings. The van der Waals surface area contributed by atoms with E-state index in [0.29, 0.717) is 17.9 Å². The van der Waals surface area contributed by atoms with E-state index >= 15 is 0 Å². The molecule has 24 heavy (non-hydrogen) atoms. The molecule has 0 radical (unpaired) electrons. The van der Waals surface area contributed by atoms with Crippen molar-refractivity contribution >= 4 is 16.1 Å². The van der Waals surface area contributed by atoms with Gasteiger partial charge >= 0.3 is 16.1 Å². The van der Waals surface area contributed by atoms with Gasteiger partial charge in [-0.1, -0.05) is 18.2 Å². The fraction of sp³-hybridized carbons (Fsp3) is 0.235. The van der Waals surface area contributed by atoms with E-state index in [4.69, 9.17) is 13.7 Å². The average molecular weight is 348 g/mol. The molecule has 0 amide bonds. The Kier molecular flexibility index (Phi) is 4.19. The van der Waals surface area contributed by atoms with Crippen LogP contribution >= 0.6 is 0 Å². The molecule has 6 nitrogen and oxygen atoms in total. The first-order chi connectivity index (χ1) is 11.3. The first-order valence-electron chi connectivity index (χ1n) is 7.32. The SMILES string of the molecule is CC(=O)OC(C)c1ccccc1OS(=O)(=O)c1cc2cc(c1)OC2. The number of carbonyl (C=O) groups is 1. The predicted molar refractivity (Wildman–Crippen MR) is 85.2 cm³/mol. The molecule has 2 aromatic carbocycles. The molecule has 3 rings (SSSR count). The maximum atomic E-state index is 12.5. The average Bonchev–Trinajstić information content (AvgIpc) is 2.84. The van der Waals surface area contributed by atoms with Crippen molar-refractivity contribution in [2.75, 3.05) is 0 Å². The van der Waals surface area contributed by atoms with Crippen molar-refractivity contribution in [1.82, 2.24) is 0 Å². The maximum absolute atomic E-state index is 12.5. The maximum Gasteiger partial charge on any atom is 0.339 e. The quantitative estimate of drug-likeness (QED) is 0.610. The van der Waals surface area contributed by atoms with Crippen LogP contribution < -0.4 is 8.92 Å². The molecular formula is C17H16O6S. The number of hydrogen-bond acceptors (Lipinski definition) is 6. The van der Waals surface area contributed by atoms with Crippen molar-refractivity contribution in [3.63, 3.8) is 0 Å². The molecule has 7 heteroatoms. The molecule has 0 saturated heterocycles. The largest absolute Gasteiger partial charge is 0.489 e. The summed E-state index contributed by atoms with van der Waals surface area (Å²) in [6.07, 6.45) is -0.630. The second-order valence-electron chi connectivity index (χ2n) is 5.43. The van der Waals surface area contributed by atoms with Crippen molar-refractivity contribution in [3.05, 3.63) is 53.6 Å². The monoisotopic (exact) mass is 348 g/mol. The highest BCUT2D eigenvalue weighted by Gasteiger charge is 2.24. The Morgan fingerprint density at radius 2 is 1.96 bits per heavy atom. The lowest BCUT2D eigenvalue weighted by atomic mass is 10.1. The van der Waals surface area contributed by atoms with Gasteiger partial charge in [0, 0.05) is 18.6 Å². The lowest BCUT2D eigenvalue weighted by molar-refractivity contribution is -0.145. The number of rotatable bonds is 5. The van der Waals surface area contributed by atoms with E-state index in [1.165, 1.54) is 25.1 Å². The smallest absolute Gasteiger partial charge is 0.339 e. The van der Waals surface area contributed by atoms with Crippen LogP contribution in [0.3, 0.4) is 0 Å². The number of fused-ring (bicyclic) bond motifs is 2. The molecule has 0 spiro atoms. The van der Waals surface area contributed by atoms with Crippen LogP contribution in [0.25, 0.3) is 0 Å². The zero-order chi connectivity index (χ0) is 17.3. The number of carbonyl (C=O) groups excluding carboxylic acids is 1. The van der Waals surface area contributed by atoms with Gasteiger partial charge in [-0.25, -0.2) is 0 Å². The Morgan fingerprint density at radius 1 is 1.21 bits per heavy atom. The van der Waals surface area contributed by atoms with Crippen molar-refractivity contribution in [2.24, 2.45) is 0 Å². The van der Waals surface area contributed by atoms with Crippen molar-refractivity contribution in [1.29, 1.82) is 0 Å². The molecular weight excluding hydrogens is 332 g/mol. The Morgan fingerprint density at radius 3 is 2.67 bits per heavy atom. The molecule has 0 fully saturated rings. The van der Waals surface area contributed by atoms with Gasteiger partial charge in [-0.3, -0.25) is 4.79 Å². The first kappa shape index (κ1) is 16.3. The summed E-state index contributed by atoms with van der Waals surface area (Å²) in [7, 11) is -4.02. The van der Waals surface area contributed by atoms with Crippen LogP contribution in [-0.4, -0.2) is 14.4 Å². The molecule has 1 unspecified atom stereocenters. The van der Waals surface area contributed by atoms with Crippen LogP contribution in [0.15, 0.2) is 47.4 Å². The van der Waals surface area contributed by atoms with E-state index in [1.54, 1.807) is 31.2 Å². The van der Waals surface area contributed by atoms with Gasteiger partial charge in [0.1, 0.15) is 29.1 Å². The number of para-hydroxylation sites is 1. The number of benzene rings is 2. The lowest BCUT2D eigenvalue weighted by Crippen LogP contribution is -2.13. The van der Waals surface area contributed by atoms with Crippen LogP contribution in [0.2, 0.25) is 0 Å². The summed E-state index contributed by atoms with van der Waals surface area (Å²) >= 11 is 0. The molecule has 1 atom stereocenters. The van der Waals surface area contributed by atoms with Crippen molar-refractivity contribution < 1.29 is 26.9 Å². The fourth-order valence-electron chi connectivity index (χ4n) is 2.48. The Balaban J connectivity index is 1.91. The van der Waals surface area contributed by atoms with Crippen LogP contribution in [0, 0.1) is 0 Å². The summed E-state index contributed by atoms with van der Waals surface area (Å²) in [4.78, 5) is 11.2. The van der Waals surface area contributed by atoms with Gasteiger partial charge in [0.15, 0.2) is 0 Å². The molecule has 1 heterocycles. The zero-order valence-electron chi connectivity index (χ0n) is 13.2. The van der Waals surface area contributed by atoms with Gasteiger partial charge in [-0.15, -0.1) is 0 Å². The third-order valence-corrected chi connectivity index (χ3v) is 4.75. The van der Waals surface area contributed by atoms with Gasteiger partial charge in [0.2, 0.25) is 0 Å². The third kappa shape index (κ3) is 3.35. The number of esters is 1. The van der Waals surface area contributed by atoms with Crippen LogP contribution in [0.5, 0.6) is 11.5 Å². The molecule has 0 aliphatic carbocycles. The summed E-state index contributed by atoms with van der Waals surface area (Å²) < 4.78 is 40.8. The Bertz CT molecular complexity index is 865. The Hall–Kier alpha value is -2.54. The highest BCUT2D eigenvalue weighted by molar-refractivity contribution is 7.87. The predicted octanol–water partition coefficient (Wildman–Crippen LogP) is 2.97. The summed E-state index contributed by atoms with van der Waals surface area (Å²) in [6, 6.07) is 11.3. The van der Waals surface area contributed by atoms with E-state index < -0.39 is 22.2 Å². The minimum atomic E-state index is -4.02. The van der Waals surface area contributed by atoms with Crippen LogP contribution in [0.4, 0.5) is 0 Å². The molecule has 0 N–H and O–H groups in total. The van der Waals surface area contributed by atoms with Crippen LogP contribution in [0.1, 0.15) is 31.1 Å². The lowest BCUT2D eigenvalue weighted by Gasteiger charge is -2.16. The Labute approximate surface area is 140 Å². The normalized spacial score (nSPS) is 13.9. The number of hydrogen-bond donors (Lipinski definition) is 0. The van der Waals surface area contributed by atoms with Crippen LogP contribution in [-0.2, 0) is 26.3 Å². The van der Waals surface area contributed by atoms with E-state index in [1.807, 2.05) is 0 Å². The van der Waals surface area contributed by atoms with Gasteiger partial charge in [-0.05, 0) is 30.7 Å². The van der Waals surface area contributed by atoms with E-state index in [2.05, 4.69) is 0 Å². The molecule has 126 valence electrons. The van der Waals surface area contributed by atoms with Gasteiger partial charge < -0.3 is 13.7 Å². The first-order valence-corrected chi connectivity index (χ1v) is 8.73. The molecule has 1 aliphatic rings. The van der Waals surface area contributed by atoms with Crippen molar-refractivity contribution in [2.45, 2.75) is 31.5 Å². The second-order valence-corrected chi connectivity index (χ2v) is 6.97. The molecule has 0 saturated carbocycles. The third-order valence-electron chi connectivity index (χ3n) is 3.53. The van der Waals surface area contributed by atoms with Gasteiger partial charge in [-0.2, -0.15) is 8.42 Å². The standard InChI is InChI=1S/C17H16O6S/c1-11(22-12(2)18)16-5-3-4-6-17(16)23-24(19,20)15-8-13-7-14(9-15)21-10-13/h3-9,11H,10H2,1-2H3. The summed E-state index contributed by atoms with van der Waals surface area (Å²) in [5.41, 5.74) is 1.25. The minimum absolute atomic E-state index is 0.0300. The van der Waals surface area contributed by atoms with E-state index in [0.717, 1.165) is 5.56 Å². The van der Waals surface area contributed by atoms with Crippen molar-refractivity contribution in [3.8, 4) is 11.5 Å². The second kappa shape index (κ2) is 6.16. The topological polar surface area (TPSA) is 78.9 Å². The minimum Gasteiger partial charge on any atom is -0.489 e. The molecule has 0 aromatic heterocycles. The number of ether oxygens (including phenoxy) is 2. The van der Waals surface area contributed by atoms with Gasteiger partial charge in [0.25, 0.3) is 0 Å². The zero-order valence-corrected chi connectivity index (χ0v) is 14.0. The fourth-order valence-corrected chi connectivity index (χ4v) is 3.52. The van der Waals surface area contributed by atoms with E-state index in [-0.39, 0.29) is 10.6 Å². The summed E-state index contributed by atoms with van der Waals surface area (Å²) in [6.45, 7) is 3.29. The highest BCUT2D eigenvalue weighted by atomic mass is 32.2. The van der Waals surface area contributed by atoms with E-state index in [9.17, 15) is 13.2 Å². The van der Waals surface area contributed by atoms with Gasteiger partial charge in [0.05, 0.1) is 0 Å². The summed E-state index contributed by atoms with van der Waals surface area (Å²) in [5.74, 6) is 0.162. The molecule has 1 aliphatic heterocycles. The highest BCUT2D eigenvalue weighted by Crippen LogP contribution is 2.32.